The van der Waals surface area contributed by atoms with Crippen molar-refractivity contribution in [3.05, 3.63) is 59.2 Å². The molecule has 0 heterocycles. The molecule has 0 bridgehead atoms. The van der Waals surface area contributed by atoms with Crippen LogP contribution in [0.15, 0.2) is 42.5 Å². The third-order valence-corrected chi connectivity index (χ3v) is 3.00. The monoisotopic (exact) mass is 241 g/mol. The Morgan fingerprint density at radius 2 is 1.78 bits per heavy atom. The fraction of sp³-hybridized carbons (Fsp3) is 0.250. The van der Waals surface area contributed by atoms with E-state index >= 15 is 0 Å². The number of aryl methyl sites for hydroxylation is 2. The van der Waals surface area contributed by atoms with E-state index in [-0.39, 0.29) is 0 Å². The van der Waals surface area contributed by atoms with E-state index in [1.54, 1.807) is 0 Å². The molecule has 0 amide bonds. The molecule has 2 rings (SSSR count). The van der Waals surface area contributed by atoms with Crippen LogP contribution in [0.5, 0.6) is 5.75 Å². The van der Waals surface area contributed by atoms with Gasteiger partial charge in [0.25, 0.3) is 0 Å². The maximum atomic E-state index is 6.04. The van der Waals surface area contributed by atoms with Crippen LogP contribution in [-0.2, 0) is 13.0 Å². The maximum Gasteiger partial charge on any atom is 0.145 e. The average molecular weight is 241 g/mol. The SMILES string of the molecule is CCc1cc(C)c(OCc2ccccc2)c(N)c1. The van der Waals surface area contributed by atoms with Gasteiger partial charge >= 0.3 is 0 Å². The molecular weight excluding hydrogens is 222 g/mol. The fourth-order valence-electron chi connectivity index (χ4n) is 2.01. The topological polar surface area (TPSA) is 35.2 Å². The summed E-state index contributed by atoms with van der Waals surface area (Å²) in [6, 6.07) is 14.2. The van der Waals surface area contributed by atoms with Crippen molar-refractivity contribution in [3.63, 3.8) is 0 Å². The molecule has 2 N–H and O–H groups in total. The summed E-state index contributed by atoms with van der Waals surface area (Å²) in [7, 11) is 0. The summed E-state index contributed by atoms with van der Waals surface area (Å²) in [6.45, 7) is 4.71. The van der Waals surface area contributed by atoms with Gasteiger partial charge in [-0.25, -0.2) is 0 Å². The van der Waals surface area contributed by atoms with E-state index in [0.29, 0.717) is 6.61 Å². The van der Waals surface area contributed by atoms with Crippen LogP contribution in [0.1, 0.15) is 23.6 Å². The molecule has 0 saturated heterocycles. The van der Waals surface area contributed by atoms with Crippen LogP contribution >= 0.6 is 0 Å². The molecule has 0 aliphatic rings. The predicted octanol–water partition coefficient (Wildman–Crippen LogP) is 3.72. The Kier molecular flexibility index (Phi) is 3.88. The van der Waals surface area contributed by atoms with Gasteiger partial charge in [-0.05, 0) is 36.1 Å². The first kappa shape index (κ1) is 12.5. The van der Waals surface area contributed by atoms with Crippen molar-refractivity contribution in [2.45, 2.75) is 26.9 Å². The zero-order chi connectivity index (χ0) is 13.0. The first-order chi connectivity index (χ1) is 8.70. The lowest BCUT2D eigenvalue weighted by molar-refractivity contribution is 0.306. The minimum Gasteiger partial charge on any atom is -0.486 e. The van der Waals surface area contributed by atoms with E-state index < -0.39 is 0 Å². The number of rotatable bonds is 4. The van der Waals surface area contributed by atoms with Gasteiger partial charge in [-0.2, -0.15) is 0 Å². The maximum absolute atomic E-state index is 6.04. The van der Waals surface area contributed by atoms with Gasteiger partial charge < -0.3 is 10.5 Å². The van der Waals surface area contributed by atoms with Gasteiger partial charge in [0, 0.05) is 0 Å². The van der Waals surface area contributed by atoms with Crippen LogP contribution in [0.2, 0.25) is 0 Å². The molecule has 0 aliphatic heterocycles. The molecule has 0 unspecified atom stereocenters. The van der Waals surface area contributed by atoms with E-state index in [1.165, 1.54) is 5.56 Å². The highest BCUT2D eigenvalue weighted by Gasteiger charge is 2.06. The summed E-state index contributed by atoms with van der Waals surface area (Å²) < 4.78 is 5.83. The van der Waals surface area contributed by atoms with Crippen molar-refractivity contribution in [1.82, 2.24) is 0 Å². The second-order valence-corrected chi connectivity index (χ2v) is 4.46. The van der Waals surface area contributed by atoms with Crippen molar-refractivity contribution in [1.29, 1.82) is 0 Å². The molecule has 0 radical (unpaired) electrons. The normalized spacial score (nSPS) is 10.3. The molecule has 0 aromatic heterocycles. The van der Waals surface area contributed by atoms with E-state index in [4.69, 9.17) is 10.5 Å². The number of hydrogen-bond acceptors (Lipinski definition) is 2. The van der Waals surface area contributed by atoms with Crippen LogP contribution < -0.4 is 10.5 Å². The van der Waals surface area contributed by atoms with Crippen molar-refractivity contribution in [2.75, 3.05) is 5.73 Å². The highest BCUT2D eigenvalue weighted by atomic mass is 16.5. The van der Waals surface area contributed by atoms with E-state index in [0.717, 1.165) is 29.0 Å². The molecule has 18 heavy (non-hydrogen) atoms. The molecular formula is C16H19NO. The first-order valence-corrected chi connectivity index (χ1v) is 6.26. The van der Waals surface area contributed by atoms with Gasteiger partial charge in [-0.15, -0.1) is 0 Å². The van der Waals surface area contributed by atoms with Crippen molar-refractivity contribution in [3.8, 4) is 5.75 Å². The fourth-order valence-corrected chi connectivity index (χ4v) is 2.01. The summed E-state index contributed by atoms with van der Waals surface area (Å²) in [4.78, 5) is 0. The molecule has 0 spiro atoms. The Bertz CT molecular complexity index is 497. The van der Waals surface area contributed by atoms with Gasteiger partial charge in [0.05, 0.1) is 5.69 Å². The Balaban J connectivity index is 2.15. The van der Waals surface area contributed by atoms with Crippen LogP contribution in [0.3, 0.4) is 0 Å². The Morgan fingerprint density at radius 1 is 1.06 bits per heavy atom. The van der Waals surface area contributed by atoms with Gasteiger partial charge in [-0.3, -0.25) is 0 Å². The molecule has 94 valence electrons. The van der Waals surface area contributed by atoms with E-state index in [2.05, 4.69) is 13.0 Å². The number of anilines is 1. The highest BCUT2D eigenvalue weighted by molar-refractivity contribution is 5.58. The summed E-state index contributed by atoms with van der Waals surface area (Å²) >= 11 is 0. The third-order valence-electron chi connectivity index (χ3n) is 3.00. The van der Waals surface area contributed by atoms with Crippen LogP contribution in [0.25, 0.3) is 0 Å². The zero-order valence-corrected chi connectivity index (χ0v) is 10.9. The van der Waals surface area contributed by atoms with Crippen LogP contribution in [0, 0.1) is 6.92 Å². The third kappa shape index (κ3) is 2.83. The number of benzene rings is 2. The van der Waals surface area contributed by atoms with E-state index in [1.807, 2.05) is 43.3 Å². The van der Waals surface area contributed by atoms with Crippen molar-refractivity contribution >= 4 is 5.69 Å². The molecule has 0 fully saturated rings. The molecule has 0 saturated carbocycles. The van der Waals surface area contributed by atoms with Crippen LogP contribution in [-0.4, -0.2) is 0 Å². The minimum absolute atomic E-state index is 0.553. The second-order valence-electron chi connectivity index (χ2n) is 4.46. The molecule has 0 atom stereocenters. The standard InChI is InChI=1S/C16H19NO/c1-3-13-9-12(2)16(15(17)10-13)18-11-14-7-5-4-6-8-14/h4-10H,3,11,17H2,1-2H3. The minimum atomic E-state index is 0.553. The van der Waals surface area contributed by atoms with Gasteiger partial charge in [0.2, 0.25) is 0 Å². The Morgan fingerprint density at radius 3 is 2.39 bits per heavy atom. The summed E-state index contributed by atoms with van der Waals surface area (Å²) in [5.41, 5.74) is 10.3. The van der Waals surface area contributed by atoms with Gasteiger partial charge in [0.15, 0.2) is 0 Å². The second kappa shape index (κ2) is 5.58. The smallest absolute Gasteiger partial charge is 0.145 e. The van der Waals surface area contributed by atoms with Crippen molar-refractivity contribution < 1.29 is 4.74 Å². The predicted molar refractivity (Wildman–Crippen MR) is 75.7 cm³/mol. The lowest BCUT2D eigenvalue weighted by Gasteiger charge is -2.13. The Hall–Kier alpha value is -1.96. The lowest BCUT2D eigenvalue weighted by Crippen LogP contribution is -2.01. The quantitative estimate of drug-likeness (QED) is 0.828. The molecule has 0 aliphatic carbocycles. The summed E-state index contributed by atoms with van der Waals surface area (Å²) in [6.07, 6.45) is 0.990. The highest BCUT2D eigenvalue weighted by Crippen LogP contribution is 2.28. The first-order valence-electron chi connectivity index (χ1n) is 6.26. The number of ether oxygens (including phenoxy) is 1. The van der Waals surface area contributed by atoms with Crippen molar-refractivity contribution in [2.24, 2.45) is 0 Å². The number of nitrogens with two attached hydrogens (primary N) is 1. The average Bonchev–Trinajstić information content (AvgIpc) is 2.38. The molecule has 2 heteroatoms. The molecule has 2 aromatic rings. The Labute approximate surface area is 108 Å². The van der Waals surface area contributed by atoms with Gasteiger partial charge in [-0.1, -0.05) is 43.3 Å². The van der Waals surface area contributed by atoms with Crippen LogP contribution in [0.4, 0.5) is 5.69 Å². The molecule has 2 nitrogen and oxygen atoms in total. The molecule has 2 aromatic carbocycles. The largest absolute Gasteiger partial charge is 0.486 e. The van der Waals surface area contributed by atoms with E-state index in [9.17, 15) is 0 Å². The number of nitrogen functional groups attached to an aromatic ring is 1. The summed E-state index contributed by atoms with van der Waals surface area (Å²) in [5.74, 6) is 0.802. The summed E-state index contributed by atoms with van der Waals surface area (Å²) in [5, 5.41) is 0. The van der Waals surface area contributed by atoms with Gasteiger partial charge in [0.1, 0.15) is 12.4 Å². The number of hydrogen-bond donors (Lipinski definition) is 1. The zero-order valence-electron chi connectivity index (χ0n) is 10.9. The lowest BCUT2D eigenvalue weighted by atomic mass is 10.1.